The number of rotatable bonds is 0. The number of hydrogen-bond donors (Lipinski definition) is 0. The van der Waals surface area contributed by atoms with Gasteiger partial charge in [-0.1, -0.05) is 55.5 Å². The highest BCUT2D eigenvalue weighted by atomic mass is 15.2. The maximum absolute atomic E-state index is 4.51. The van der Waals surface area contributed by atoms with Gasteiger partial charge >= 0.3 is 0 Å². The van der Waals surface area contributed by atoms with E-state index in [0.717, 1.165) is 12.1 Å². The molecule has 0 bridgehead atoms. The summed E-state index contributed by atoms with van der Waals surface area (Å²) in [6.07, 6.45) is 1.05. The van der Waals surface area contributed by atoms with Gasteiger partial charge in [0.15, 0.2) is 0 Å². The van der Waals surface area contributed by atoms with Crippen LogP contribution in [0.5, 0.6) is 0 Å². The molecule has 0 fully saturated rings. The zero-order chi connectivity index (χ0) is 14.4. The zero-order valence-electron chi connectivity index (χ0n) is 12.4. The molecule has 0 aromatic heterocycles. The topological polar surface area (TPSA) is 24.7 Å². The van der Waals surface area contributed by atoms with Gasteiger partial charge in [0.25, 0.3) is 0 Å². The van der Waals surface area contributed by atoms with Crippen LogP contribution >= 0.6 is 0 Å². The molecular formula is C19H18N2. The molecule has 2 aromatic rings. The number of benzene rings is 2. The zero-order valence-corrected chi connectivity index (χ0v) is 12.4. The minimum absolute atomic E-state index is 0.138. The summed E-state index contributed by atoms with van der Waals surface area (Å²) in [5.74, 6) is 0.504. The van der Waals surface area contributed by atoms with Crippen molar-refractivity contribution in [1.82, 2.24) is 0 Å². The lowest BCUT2D eigenvalue weighted by Gasteiger charge is -2.23. The predicted octanol–water partition coefficient (Wildman–Crippen LogP) is 5.07. The van der Waals surface area contributed by atoms with E-state index in [2.05, 4.69) is 72.6 Å². The summed E-state index contributed by atoms with van der Waals surface area (Å²) in [7, 11) is 0. The number of fused-ring (bicyclic) bond motifs is 4. The van der Waals surface area contributed by atoms with E-state index in [1.807, 2.05) is 0 Å². The van der Waals surface area contributed by atoms with Crippen LogP contribution in [0.25, 0.3) is 11.3 Å². The highest BCUT2D eigenvalue weighted by Crippen LogP contribution is 2.43. The molecule has 0 saturated carbocycles. The van der Waals surface area contributed by atoms with Gasteiger partial charge < -0.3 is 0 Å². The van der Waals surface area contributed by atoms with Crippen LogP contribution in [-0.4, -0.2) is 6.04 Å². The third kappa shape index (κ3) is 1.86. The molecule has 2 nitrogen and oxygen atoms in total. The molecule has 0 amide bonds. The monoisotopic (exact) mass is 274 g/mol. The van der Waals surface area contributed by atoms with Gasteiger partial charge in [-0.05, 0) is 36.0 Å². The van der Waals surface area contributed by atoms with Crippen molar-refractivity contribution in [3.63, 3.8) is 0 Å². The van der Waals surface area contributed by atoms with E-state index in [-0.39, 0.29) is 6.04 Å². The Morgan fingerprint density at radius 1 is 0.905 bits per heavy atom. The van der Waals surface area contributed by atoms with Crippen molar-refractivity contribution < 1.29 is 0 Å². The molecule has 0 saturated heterocycles. The molecule has 2 aliphatic rings. The first-order chi connectivity index (χ1) is 10.3. The normalized spacial score (nSPS) is 23.1. The van der Waals surface area contributed by atoms with E-state index in [4.69, 9.17) is 0 Å². The van der Waals surface area contributed by atoms with E-state index < -0.39 is 0 Å². The second-order valence-electron chi connectivity index (χ2n) is 6.00. The fourth-order valence-electron chi connectivity index (χ4n) is 3.55. The highest BCUT2D eigenvalue weighted by Gasteiger charge is 2.29. The molecule has 2 atom stereocenters. The van der Waals surface area contributed by atoms with Gasteiger partial charge in [-0.3, -0.25) is 0 Å². The van der Waals surface area contributed by atoms with Crippen LogP contribution in [0.1, 0.15) is 42.0 Å². The standard InChI is InChI=1S/C19H18N2/c1-12-11-14-7-3-4-9-16(14)19-18(13(2)20-21-19)17-10-6-5-8-15(12)17/h3-10,12-13H,11H2,1-2H3. The van der Waals surface area contributed by atoms with Crippen LogP contribution in [-0.2, 0) is 6.42 Å². The summed E-state index contributed by atoms with van der Waals surface area (Å²) in [6, 6.07) is 17.5. The van der Waals surface area contributed by atoms with Gasteiger partial charge in [-0.2, -0.15) is 10.2 Å². The Hall–Kier alpha value is -2.22. The molecule has 0 radical (unpaired) electrons. The smallest absolute Gasteiger partial charge is 0.0988 e. The molecule has 0 N–H and O–H groups in total. The van der Waals surface area contributed by atoms with E-state index in [1.165, 1.54) is 27.8 Å². The van der Waals surface area contributed by atoms with Crippen LogP contribution in [0, 0.1) is 0 Å². The van der Waals surface area contributed by atoms with E-state index in [9.17, 15) is 0 Å². The summed E-state index contributed by atoms with van der Waals surface area (Å²) < 4.78 is 0. The van der Waals surface area contributed by atoms with Gasteiger partial charge in [0.1, 0.15) is 0 Å². The molecule has 1 aliphatic heterocycles. The minimum atomic E-state index is 0.138. The minimum Gasteiger partial charge on any atom is -0.181 e. The Morgan fingerprint density at radius 3 is 2.48 bits per heavy atom. The largest absolute Gasteiger partial charge is 0.181 e. The fraction of sp³-hybridized carbons (Fsp3) is 0.263. The Bertz CT molecular complexity index is 771. The van der Waals surface area contributed by atoms with Crippen LogP contribution in [0.2, 0.25) is 0 Å². The molecular weight excluding hydrogens is 256 g/mol. The Labute approximate surface area is 125 Å². The molecule has 4 rings (SSSR count). The SMILES string of the molecule is CC1N=NC2=C1c1ccccc1C(C)Cc1ccccc12. The molecule has 2 heteroatoms. The second-order valence-corrected chi connectivity index (χ2v) is 6.00. The molecule has 1 heterocycles. The van der Waals surface area contributed by atoms with Crippen molar-refractivity contribution in [2.24, 2.45) is 10.2 Å². The molecule has 2 aromatic carbocycles. The average Bonchev–Trinajstić information content (AvgIpc) is 2.87. The van der Waals surface area contributed by atoms with Gasteiger partial charge in [-0.15, -0.1) is 0 Å². The molecule has 104 valence electrons. The van der Waals surface area contributed by atoms with Crippen molar-refractivity contribution in [3.05, 3.63) is 70.8 Å². The van der Waals surface area contributed by atoms with Crippen LogP contribution < -0.4 is 0 Å². The average molecular weight is 274 g/mol. The van der Waals surface area contributed by atoms with Gasteiger partial charge in [0.05, 0.1) is 11.7 Å². The van der Waals surface area contributed by atoms with E-state index >= 15 is 0 Å². The Kier molecular flexibility index (Phi) is 2.78. The highest BCUT2D eigenvalue weighted by molar-refractivity contribution is 5.95. The van der Waals surface area contributed by atoms with Crippen LogP contribution in [0.15, 0.2) is 58.8 Å². The van der Waals surface area contributed by atoms with Crippen molar-refractivity contribution in [3.8, 4) is 0 Å². The third-order valence-electron chi connectivity index (χ3n) is 4.58. The molecule has 1 aliphatic carbocycles. The maximum Gasteiger partial charge on any atom is 0.0988 e. The van der Waals surface area contributed by atoms with Crippen molar-refractivity contribution in [2.75, 3.05) is 0 Å². The summed E-state index contributed by atoms with van der Waals surface area (Å²) in [4.78, 5) is 0. The van der Waals surface area contributed by atoms with E-state index in [1.54, 1.807) is 0 Å². The van der Waals surface area contributed by atoms with Crippen molar-refractivity contribution >= 4 is 11.3 Å². The second kappa shape index (κ2) is 4.66. The first-order valence-electron chi connectivity index (χ1n) is 7.58. The summed E-state index contributed by atoms with van der Waals surface area (Å²) in [6.45, 7) is 4.45. The first kappa shape index (κ1) is 12.5. The third-order valence-corrected chi connectivity index (χ3v) is 4.58. The number of nitrogens with zero attached hydrogens (tertiary/aromatic N) is 2. The Morgan fingerprint density at radius 2 is 1.62 bits per heavy atom. The summed E-state index contributed by atoms with van der Waals surface area (Å²) in [5.41, 5.74) is 7.72. The molecule has 21 heavy (non-hydrogen) atoms. The predicted molar refractivity (Wildman–Crippen MR) is 86.1 cm³/mol. The van der Waals surface area contributed by atoms with Gasteiger partial charge in [0.2, 0.25) is 0 Å². The Balaban J connectivity index is 2.07. The van der Waals surface area contributed by atoms with E-state index in [0.29, 0.717) is 5.92 Å². The lowest BCUT2D eigenvalue weighted by Crippen LogP contribution is -2.10. The number of azo groups is 1. The van der Waals surface area contributed by atoms with Crippen LogP contribution in [0.4, 0.5) is 0 Å². The van der Waals surface area contributed by atoms with Crippen molar-refractivity contribution in [2.45, 2.75) is 32.2 Å². The van der Waals surface area contributed by atoms with Crippen LogP contribution in [0.3, 0.4) is 0 Å². The fourth-order valence-corrected chi connectivity index (χ4v) is 3.55. The van der Waals surface area contributed by atoms with Crippen molar-refractivity contribution in [1.29, 1.82) is 0 Å². The maximum atomic E-state index is 4.51. The number of hydrogen-bond acceptors (Lipinski definition) is 2. The summed E-state index contributed by atoms with van der Waals surface area (Å²) in [5, 5.41) is 8.95. The van der Waals surface area contributed by atoms with Gasteiger partial charge in [-0.25, -0.2) is 0 Å². The lowest BCUT2D eigenvalue weighted by atomic mass is 9.81. The summed E-state index contributed by atoms with van der Waals surface area (Å²) >= 11 is 0. The first-order valence-corrected chi connectivity index (χ1v) is 7.58. The molecule has 2 unspecified atom stereocenters. The lowest BCUT2D eigenvalue weighted by molar-refractivity contribution is 0.752. The van der Waals surface area contributed by atoms with Gasteiger partial charge in [0, 0.05) is 11.1 Å². The molecule has 0 spiro atoms. The quantitative estimate of drug-likeness (QED) is 0.641.